The van der Waals surface area contributed by atoms with E-state index >= 15 is 0 Å². The fourth-order valence-electron chi connectivity index (χ4n) is 3.00. The first-order valence-electron chi connectivity index (χ1n) is 9.68. The minimum absolute atomic E-state index is 0.0378. The summed E-state index contributed by atoms with van der Waals surface area (Å²) >= 11 is 0. The molecule has 0 atom stereocenters. The van der Waals surface area contributed by atoms with Crippen LogP contribution in [0.2, 0.25) is 0 Å². The van der Waals surface area contributed by atoms with Crippen molar-refractivity contribution in [1.82, 2.24) is 0 Å². The highest BCUT2D eigenvalue weighted by Gasteiger charge is 2.24. The van der Waals surface area contributed by atoms with Crippen LogP contribution in [0, 0.1) is 0 Å². The van der Waals surface area contributed by atoms with Crippen LogP contribution in [0.5, 0.6) is 17.2 Å². The zero-order valence-corrected chi connectivity index (χ0v) is 17.5. The summed E-state index contributed by atoms with van der Waals surface area (Å²) in [6, 6.07) is 11.6. The second-order valence-corrected chi connectivity index (χ2v) is 8.86. The number of aliphatic carboxylic acids is 1. The van der Waals surface area contributed by atoms with E-state index in [2.05, 4.69) is 0 Å². The summed E-state index contributed by atoms with van der Waals surface area (Å²) in [4.78, 5) is 11.5. The molecule has 0 fully saturated rings. The standard InChI is InChI=1S/C22H24O7S/c1-2-9-27-10-11-28-18-4-3-5-19(15-18)29-20-6-7-21-17(14-20)13-16(22(23)24)8-12-30(21,25)26/h3-7,13-15H,2,8-12H2,1H3,(H,23,24). The number of fused-ring (bicyclic) bond motifs is 1. The highest BCUT2D eigenvalue weighted by molar-refractivity contribution is 7.91. The summed E-state index contributed by atoms with van der Waals surface area (Å²) in [5, 5.41) is 9.30. The highest BCUT2D eigenvalue weighted by Crippen LogP contribution is 2.32. The Morgan fingerprint density at radius 3 is 2.57 bits per heavy atom. The van der Waals surface area contributed by atoms with Gasteiger partial charge in [0.15, 0.2) is 9.84 Å². The normalized spacial score (nSPS) is 14.9. The number of rotatable bonds is 9. The molecule has 1 aliphatic heterocycles. The van der Waals surface area contributed by atoms with Crippen molar-refractivity contribution in [2.24, 2.45) is 0 Å². The molecule has 7 nitrogen and oxygen atoms in total. The van der Waals surface area contributed by atoms with Crippen LogP contribution in [0.25, 0.3) is 6.08 Å². The molecule has 0 radical (unpaired) electrons. The summed E-state index contributed by atoms with van der Waals surface area (Å²) in [5.41, 5.74) is 0.359. The molecule has 1 aliphatic rings. The van der Waals surface area contributed by atoms with E-state index in [1.54, 1.807) is 30.3 Å². The van der Waals surface area contributed by atoms with E-state index in [1.807, 2.05) is 6.92 Å². The van der Waals surface area contributed by atoms with Gasteiger partial charge in [0.1, 0.15) is 23.9 Å². The quantitative estimate of drug-likeness (QED) is 0.599. The van der Waals surface area contributed by atoms with Gasteiger partial charge in [-0.1, -0.05) is 13.0 Å². The first-order chi connectivity index (χ1) is 14.4. The van der Waals surface area contributed by atoms with E-state index in [9.17, 15) is 18.3 Å². The molecule has 2 aromatic carbocycles. The Morgan fingerprint density at radius 1 is 1.03 bits per heavy atom. The summed E-state index contributed by atoms with van der Waals surface area (Å²) in [6.45, 7) is 3.65. The van der Waals surface area contributed by atoms with Crippen LogP contribution in [0.4, 0.5) is 0 Å². The second kappa shape index (κ2) is 9.77. The van der Waals surface area contributed by atoms with Crippen molar-refractivity contribution in [2.45, 2.75) is 24.7 Å². The van der Waals surface area contributed by atoms with Gasteiger partial charge >= 0.3 is 5.97 Å². The van der Waals surface area contributed by atoms with Crippen molar-refractivity contribution in [3.63, 3.8) is 0 Å². The molecule has 0 aromatic heterocycles. The molecule has 8 heteroatoms. The Kier molecular flexibility index (Phi) is 7.12. The molecular weight excluding hydrogens is 408 g/mol. The van der Waals surface area contributed by atoms with Crippen LogP contribution in [0.15, 0.2) is 52.9 Å². The smallest absolute Gasteiger partial charge is 0.331 e. The molecule has 1 N–H and O–H groups in total. The number of carboxylic acid groups (broad SMARTS) is 1. The van der Waals surface area contributed by atoms with Gasteiger partial charge < -0.3 is 19.3 Å². The minimum Gasteiger partial charge on any atom is -0.491 e. The zero-order valence-electron chi connectivity index (χ0n) is 16.7. The van der Waals surface area contributed by atoms with E-state index in [4.69, 9.17) is 14.2 Å². The molecule has 30 heavy (non-hydrogen) atoms. The number of sulfone groups is 1. The third-order valence-corrected chi connectivity index (χ3v) is 6.23. The van der Waals surface area contributed by atoms with Crippen molar-refractivity contribution in [3.05, 3.63) is 53.6 Å². The molecule has 2 aromatic rings. The lowest BCUT2D eigenvalue weighted by atomic mass is 10.1. The minimum atomic E-state index is -3.56. The molecule has 0 saturated heterocycles. The SMILES string of the molecule is CCCOCCOc1cccc(Oc2ccc3c(c2)C=C(C(=O)O)CCS3(=O)=O)c1. The maximum Gasteiger partial charge on any atom is 0.331 e. The van der Waals surface area contributed by atoms with Crippen molar-refractivity contribution in [1.29, 1.82) is 0 Å². The molecule has 0 unspecified atom stereocenters. The maximum absolute atomic E-state index is 12.4. The summed E-state index contributed by atoms with van der Waals surface area (Å²) < 4.78 is 41.8. The molecule has 160 valence electrons. The first-order valence-corrected chi connectivity index (χ1v) is 11.3. The lowest BCUT2D eigenvalue weighted by Crippen LogP contribution is -2.08. The molecule has 0 spiro atoms. The maximum atomic E-state index is 12.4. The van der Waals surface area contributed by atoms with Gasteiger partial charge in [0.25, 0.3) is 0 Å². The number of hydrogen-bond acceptors (Lipinski definition) is 6. The fraction of sp³-hybridized carbons (Fsp3) is 0.318. The van der Waals surface area contributed by atoms with E-state index in [1.165, 1.54) is 18.2 Å². The highest BCUT2D eigenvalue weighted by atomic mass is 32.2. The third kappa shape index (κ3) is 5.61. The molecule has 1 heterocycles. The number of carbonyl (C=O) groups is 1. The summed E-state index contributed by atoms with van der Waals surface area (Å²) in [7, 11) is -3.56. The Morgan fingerprint density at radius 2 is 1.80 bits per heavy atom. The van der Waals surface area contributed by atoms with Crippen LogP contribution in [-0.2, 0) is 19.4 Å². The van der Waals surface area contributed by atoms with Crippen LogP contribution in [0.1, 0.15) is 25.3 Å². The van der Waals surface area contributed by atoms with Crippen LogP contribution >= 0.6 is 0 Å². The topological polar surface area (TPSA) is 99.1 Å². The van der Waals surface area contributed by atoms with Gasteiger partial charge in [-0.3, -0.25) is 0 Å². The molecule has 0 aliphatic carbocycles. The van der Waals surface area contributed by atoms with Crippen molar-refractivity contribution < 1.29 is 32.5 Å². The fourth-order valence-corrected chi connectivity index (χ4v) is 4.46. The summed E-state index contributed by atoms with van der Waals surface area (Å²) in [6.07, 6.45) is 2.31. The van der Waals surface area contributed by atoms with Gasteiger partial charge in [-0.15, -0.1) is 0 Å². The van der Waals surface area contributed by atoms with Gasteiger partial charge in [-0.05, 0) is 54.8 Å². The Hall–Kier alpha value is -2.84. The number of ether oxygens (including phenoxy) is 3. The number of hydrogen-bond donors (Lipinski definition) is 1. The van der Waals surface area contributed by atoms with E-state index < -0.39 is 15.8 Å². The Bertz CT molecular complexity index is 1040. The Labute approximate surface area is 175 Å². The van der Waals surface area contributed by atoms with Crippen molar-refractivity contribution in [3.8, 4) is 17.2 Å². The van der Waals surface area contributed by atoms with Crippen LogP contribution in [-0.4, -0.2) is 45.1 Å². The second-order valence-electron chi connectivity index (χ2n) is 6.78. The lowest BCUT2D eigenvalue weighted by Gasteiger charge is -2.11. The predicted octanol–water partition coefficient (Wildman–Crippen LogP) is 3.93. The summed E-state index contributed by atoms with van der Waals surface area (Å²) in [5.74, 6) is 0.172. The number of benzene rings is 2. The van der Waals surface area contributed by atoms with Crippen molar-refractivity contribution >= 4 is 21.9 Å². The van der Waals surface area contributed by atoms with Crippen molar-refractivity contribution in [2.75, 3.05) is 25.6 Å². The van der Waals surface area contributed by atoms with Gasteiger partial charge in [0.2, 0.25) is 0 Å². The molecule has 0 bridgehead atoms. The lowest BCUT2D eigenvalue weighted by molar-refractivity contribution is -0.132. The van der Waals surface area contributed by atoms with Gasteiger partial charge in [-0.2, -0.15) is 0 Å². The van der Waals surface area contributed by atoms with E-state index in [-0.39, 0.29) is 22.6 Å². The monoisotopic (exact) mass is 432 g/mol. The number of carboxylic acids is 1. The van der Waals surface area contributed by atoms with Gasteiger partial charge in [0.05, 0.1) is 17.3 Å². The first kappa shape index (κ1) is 21.9. The van der Waals surface area contributed by atoms with Crippen LogP contribution in [0.3, 0.4) is 0 Å². The van der Waals surface area contributed by atoms with Gasteiger partial charge in [0, 0.05) is 18.2 Å². The molecular formula is C22H24O7S. The molecule has 0 saturated carbocycles. The molecule has 0 amide bonds. The third-order valence-electron chi connectivity index (χ3n) is 4.45. The average Bonchev–Trinajstić information content (AvgIpc) is 2.84. The largest absolute Gasteiger partial charge is 0.491 e. The van der Waals surface area contributed by atoms with Gasteiger partial charge in [-0.25, -0.2) is 13.2 Å². The average molecular weight is 432 g/mol. The molecule has 3 rings (SSSR count). The predicted molar refractivity (Wildman–Crippen MR) is 112 cm³/mol. The van der Waals surface area contributed by atoms with Crippen LogP contribution < -0.4 is 9.47 Å². The Balaban J connectivity index is 1.77. The zero-order chi connectivity index (χ0) is 21.6. The van der Waals surface area contributed by atoms with E-state index in [0.717, 1.165) is 6.42 Å². The van der Waals surface area contributed by atoms with E-state index in [0.29, 0.717) is 42.6 Å².